The van der Waals surface area contributed by atoms with E-state index in [1.165, 1.54) is 6.20 Å². The van der Waals surface area contributed by atoms with Gasteiger partial charge in [-0.1, -0.05) is 19.4 Å². The number of carboxylic acid groups (broad SMARTS) is 1. The molecule has 3 N–H and O–H groups in total. The summed E-state index contributed by atoms with van der Waals surface area (Å²) >= 11 is 0. The highest BCUT2D eigenvalue weighted by Gasteiger charge is 2.22. The second-order valence-corrected chi connectivity index (χ2v) is 3.90. The van der Waals surface area contributed by atoms with E-state index >= 15 is 0 Å². The zero-order chi connectivity index (χ0) is 12.0. The number of carbonyl (C=O) groups is 2. The van der Waals surface area contributed by atoms with E-state index in [2.05, 4.69) is 10.6 Å². The molecular formula is C10H18N2O3. The van der Waals surface area contributed by atoms with Crippen LogP contribution in [-0.4, -0.2) is 23.1 Å². The average Bonchev–Trinajstić information content (AvgIpc) is 2.09. The van der Waals surface area contributed by atoms with Crippen molar-refractivity contribution in [1.82, 2.24) is 10.6 Å². The Hall–Kier alpha value is -1.52. The van der Waals surface area contributed by atoms with Gasteiger partial charge in [-0.05, 0) is 19.8 Å². The molecule has 1 unspecified atom stereocenters. The third-order valence-electron chi connectivity index (χ3n) is 1.71. The molecule has 86 valence electrons. The number of allylic oxidation sites excluding steroid dienone is 1. The Morgan fingerprint density at radius 2 is 1.80 bits per heavy atom. The van der Waals surface area contributed by atoms with Crippen molar-refractivity contribution in [2.24, 2.45) is 5.92 Å². The lowest BCUT2D eigenvalue weighted by Gasteiger charge is -2.17. The molecule has 0 rings (SSSR count). The predicted octanol–water partition coefficient (Wildman–Crippen LogP) is 1.32. The number of amides is 2. The Bertz CT molecular complexity index is 268. The van der Waals surface area contributed by atoms with Gasteiger partial charge in [0.1, 0.15) is 6.04 Å². The fourth-order valence-electron chi connectivity index (χ4n) is 0.906. The van der Waals surface area contributed by atoms with Crippen molar-refractivity contribution in [3.8, 4) is 0 Å². The minimum absolute atomic E-state index is 0.153. The highest BCUT2D eigenvalue weighted by molar-refractivity contribution is 5.83. The summed E-state index contributed by atoms with van der Waals surface area (Å²) in [5, 5.41) is 13.6. The first-order valence-electron chi connectivity index (χ1n) is 4.77. The summed E-state index contributed by atoms with van der Waals surface area (Å²) in [4.78, 5) is 22.0. The lowest BCUT2D eigenvalue weighted by molar-refractivity contribution is -0.140. The molecule has 1 atom stereocenters. The molecule has 0 bridgehead atoms. The second-order valence-electron chi connectivity index (χ2n) is 3.90. The van der Waals surface area contributed by atoms with Crippen LogP contribution in [0, 0.1) is 5.92 Å². The van der Waals surface area contributed by atoms with Crippen LogP contribution >= 0.6 is 0 Å². The average molecular weight is 214 g/mol. The lowest BCUT2D eigenvalue weighted by atomic mass is 10.1. The van der Waals surface area contributed by atoms with Gasteiger partial charge in [0.2, 0.25) is 0 Å². The van der Waals surface area contributed by atoms with Gasteiger partial charge < -0.3 is 15.7 Å². The summed E-state index contributed by atoms with van der Waals surface area (Å²) in [6.07, 6.45) is 1.52. The molecule has 0 aliphatic heterocycles. The van der Waals surface area contributed by atoms with E-state index in [4.69, 9.17) is 5.11 Å². The molecule has 0 aliphatic carbocycles. The standard InChI is InChI=1S/C10H18N2O3/c1-6(2)5-11-10(15)12-8(7(3)4)9(13)14/h5,7-8H,1-4H3,(H,13,14)(H2,11,12,15). The second kappa shape index (κ2) is 6.06. The molecule has 0 radical (unpaired) electrons. The lowest BCUT2D eigenvalue weighted by Crippen LogP contribution is -2.47. The van der Waals surface area contributed by atoms with Crippen molar-refractivity contribution in [2.45, 2.75) is 33.7 Å². The number of aliphatic carboxylic acids is 1. The summed E-state index contributed by atoms with van der Waals surface area (Å²) in [7, 11) is 0. The third-order valence-corrected chi connectivity index (χ3v) is 1.71. The van der Waals surface area contributed by atoms with Crippen LogP contribution in [0.15, 0.2) is 11.8 Å². The Morgan fingerprint density at radius 3 is 2.13 bits per heavy atom. The first-order valence-corrected chi connectivity index (χ1v) is 4.77. The Morgan fingerprint density at radius 1 is 1.27 bits per heavy atom. The van der Waals surface area contributed by atoms with E-state index in [1.807, 2.05) is 13.8 Å². The largest absolute Gasteiger partial charge is 0.480 e. The van der Waals surface area contributed by atoms with Crippen LogP contribution in [0.25, 0.3) is 0 Å². The van der Waals surface area contributed by atoms with E-state index in [9.17, 15) is 9.59 Å². The van der Waals surface area contributed by atoms with E-state index in [-0.39, 0.29) is 5.92 Å². The molecule has 0 spiro atoms. The topological polar surface area (TPSA) is 78.4 Å². The van der Waals surface area contributed by atoms with Gasteiger partial charge in [0.15, 0.2) is 0 Å². The summed E-state index contributed by atoms with van der Waals surface area (Å²) in [6, 6.07) is -1.37. The van der Waals surface area contributed by atoms with Crippen molar-refractivity contribution < 1.29 is 14.7 Å². The molecule has 0 fully saturated rings. The SMILES string of the molecule is CC(C)=CNC(=O)NC(C(=O)O)C(C)C. The molecule has 5 heteroatoms. The van der Waals surface area contributed by atoms with Crippen LogP contribution < -0.4 is 10.6 Å². The van der Waals surface area contributed by atoms with Crippen LogP contribution in [0.4, 0.5) is 4.79 Å². The van der Waals surface area contributed by atoms with Gasteiger partial charge in [-0.15, -0.1) is 0 Å². The Kier molecular flexibility index (Phi) is 5.44. The van der Waals surface area contributed by atoms with E-state index in [1.54, 1.807) is 13.8 Å². The Balaban J connectivity index is 4.24. The van der Waals surface area contributed by atoms with Gasteiger partial charge in [-0.2, -0.15) is 0 Å². The molecule has 0 aromatic heterocycles. The fraction of sp³-hybridized carbons (Fsp3) is 0.600. The van der Waals surface area contributed by atoms with Crippen LogP contribution in [0.3, 0.4) is 0 Å². The van der Waals surface area contributed by atoms with Gasteiger partial charge in [0.05, 0.1) is 0 Å². The minimum atomic E-state index is -1.03. The normalized spacial score (nSPS) is 11.8. The maximum atomic E-state index is 11.2. The van der Waals surface area contributed by atoms with Gasteiger partial charge in [0, 0.05) is 6.20 Å². The molecule has 0 aliphatic rings. The maximum absolute atomic E-state index is 11.2. The number of carbonyl (C=O) groups excluding carboxylic acids is 1. The number of rotatable bonds is 4. The summed E-state index contributed by atoms with van der Waals surface area (Å²) in [6.45, 7) is 7.13. The third kappa shape index (κ3) is 5.72. The Labute approximate surface area is 89.6 Å². The van der Waals surface area contributed by atoms with Crippen LogP contribution in [0.5, 0.6) is 0 Å². The van der Waals surface area contributed by atoms with Crippen molar-refractivity contribution >= 4 is 12.0 Å². The predicted molar refractivity (Wildman–Crippen MR) is 57.4 cm³/mol. The number of urea groups is 1. The van der Waals surface area contributed by atoms with Crippen LogP contribution in [-0.2, 0) is 4.79 Å². The van der Waals surface area contributed by atoms with Gasteiger partial charge in [-0.25, -0.2) is 9.59 Å². The first-order chi connectivity index (χ1) is 6.84. The van der Waals surface area contributed by atoms with E-state index in [0.29, 0.717) is 0 Å². The van der Waals surface area contributed by atoms with E-state index < -0.39 is 18.0 Å². The van der Waals surface area contributed by atoms with Gasteiger partial charge >= 0.3 is 12.0 Å². The zero-order valence-electron chi connectivity index (χ0n) is 9.50. The molecule has 0 saturated carbocycles. The fourth-order valence-corrected chi connectivity index (χ4v) is 0.906. The molecule has 0 aromatic carbocycles. The highest BCUT2D eigenvalue weighted by atomic mass is 16.4. The maximum Gasteiger partial charge on any atom is 0.326 e. The molecule has 2 amide bonds. The number of carboxylic acids is 1. The summed E-state index contributed by atoms with van der Waals surface area (Å²) < 4.78 is 0. The van der Waals surface area contributed by atoms with Crippen LogP contribution in [0.2, 0.25) is 0 Å². The molecule has 5 nitrogen and oxygen atoms in total. The van der Waals surface area contributed by atoms with Gasteiger partial charge in [0.25, 0.3) is 0 Å². The summed E-state index contributed by atoms with van der Waals surface area (Å²) in [5.41, 5.74) is 0.932. The van der Waals surface area contributed by atoms with Crippen molar-refractivity contribution in [3.63, 3.8) is 0 Å². The first kappa shape index (κ1) is 13.5. The highest BCUT2D eigenvalue weighted by Crippen LogP contribution is 2.01. The number of nitrogens with one attached hydrogen (secondary N) is 2. The van der Waals surface area contributed by atoms with Crippen molar-refractivity contribution in [1.29, 1.82) is 0 Å². The zero-order valence-corrected chi connectivity index (χ0v) is 9.50. The molecule has 0 aromatic rings. The van der Waals surface area contributed by atoms with Crippen molar-refractivity contribution in [2.75, 3.05) is 0 Å². The smallest absolute Gasteiger partial charge is 0.326 e. The molecule has 15 heavy (non-hydrogen) atoms. The van der Waals surface area contributed by atoms with Gasteiger partial charge in [-0.3, -0.25) is 0 Å². The number of hydrogen-bond donors (Lipinski definition) is 3. The van der Waals surface area contributed by atoms with Crippen LogP contribution in [0.1, 0.15) is 27.7 Å². The molecule has 0 heterocycles. The molecular weight excluding hydrogens is 196 g/mol. The molecule has 0 saturated heterocycles. The van der Waals surface area contributed by atoms with E-state index in [0.717, 1.165) is 5.57 Å². The quantitative estimate of drug-likeness (QED) is 0.660. The summed E-state index contributed by atoms with van der Waals surface area (Å²) in [5.74, 6) is -1.18. The monoisotopic (exact) mass is 214 g/mol. The van der Waals surface area contributed by atoms with Crippen molar-refractivity contribution in [3.05, 3.63) is 11.8 Å². The minimum Gasteiger partial charge on any atom is -0.480 e. The number of hydrogen-bond acceptors (Lipinski definition) is 2.